The molecule has 5 heteroatoms. The number of nitrogens with zero attached hydrogens (tertiary/aromatic N) is 2. The molecule has 128 valence electrons. The Morgan fingerprint density at radius 2 is 1.87 bits per heavy atom. The Morgan fingerprint density at radius 3 is 2.52 bits per heavy atom. The van der Waals surface area contributed by atoms with E-state index in [4.69, 9.17) is 4.74 Å². The van der Waals surface area contributed by atoms with Gasteiger partial charge in [-0.15, -0.1) is 0 Å². The Morgan fingerprint density at radius 1 is 1.22 bits per heavy atom. The van der Waals surface area contributed by atoms with Crippen molar-refractivity contribution in [1.29, 1.82) is 0 Å². The summed E-state index contributed by atoms with van der Waals surface area (Å²) in [6.45, 7) is 1.70. The lowest BCUT2D eigenvalue weighted by atomic mass is 10.0. The maximum absolute atomic E-state index is 12.7. The highest BCUT2D eigenvalue weighted by Crippen LogP contribution is 2.30. The SMILES string of the molecule is CN(C)CCOc1ccccc1C(=O)N(C)CC1(O)CCCC1. The van der Waals surface area contributed by atoms with Gasteiger partial charge in [-0.05, 0) is 39.1 Å². The first-order chi connectivity index (χ1) is 10.9. The number of likely N-dealkylation sites (N-methyl/N-ethyl adjacent to an activating group) is 2. The van der Waals surface area contributed by atoms with Crippen molar-refractivity contribution in [3.8, 4) is 5.75 Å². The van der Waals surface area contributed by atoms with Crippen LogP contribution in [0.3, 0.4) is 0 Å². The van der Waals surface area contributed by atoms with Gasteiger partial charge in [-0.25, -0.2) is 0 Å². The highest BCUT2D eigenvalue weighted by atomic mass is 16.5. The smallest absolute Gasteiger partial charge is 0.257 e. The predicted octanol–water partition coefficient (Wildman–Crippen LogP) is 2.00. The fourth-order valence-electron chi connectivity index (χ4n) is 3.02. The van der Waals surface area contributed by atoms with E-state index in [1.54, 1.807) is 18.0 Å². The molecule has 1 N–H and O–H groups in total. The van der Waals surface area contributed by atoms with E-state index in [2.05, 4.69) is 0 Å². The first-order valence-corrected chi connectivity index (χ1v) is 8.26. The van der Waals surface area contributed by atoms with Gasteiger partial charge in [0.15, 0.2) is 0 Å². The van der Waals surface area contributed by atoms with E-state index >= 15 is 0 Å². The molecule has 1 aliphatic carbocycles. The third-order valence-corrected chi connectivity index (χ3v) is 4.33. The van der Waals surface area contributed by atoms with E-state index in [9.17, 15) is 9.90 Å². The molecule has 0 saturated heterocycles. The first-order valence-electron chi connectivity index (χ1n) is 8.26. The minimum Gasteiger partial charge on any atom is -0.491 e. The molecule has 0 aromatic heterocycles. The normalized spacial score (nSPS) is 16.6. The number of aliphatic hydroxyl groups is 1. The molecule has 0 spiro atoms. The lowest BCUT2D eigenvalue weighted by Crippen LogP contribution is -2.42. The number of hydrogen-bond acceptors (Lipinski definition) is 4. The lowest BCUT2D eigenvalue weighted by molar-refractivity contribution is 0.0155. The number of benzene rings is 1. The number of ether oxygens (including phenoxy) is 1. The summed E-state index contributed by atoms with van der Waals surface area (Å²) in [7, 11) is 5.71. The average Bonchev–Trinajstić information content (AvgIpc) is 2.93. The molecule has 1 aromatic rings. The van der Waals surface area contributed by atoms with Gasteiger partial charge in [-0.1, -0.05) is 25.0 Å². The van der Waals surface area contributed by atoms with Crippen LogP contribution in [0.25, 0.3) is 0 Å². The van der Waals surface area contributed by atoms with Crippen LogP contribution in [-0.2, 0) is 0 Å². The quantitative estimate of drug-likeness (QED) is 0.835. The maximum Gasteiger partial charge on any atom is 0.257 e. The van der Waals surface area contributed by atoms with Gasteiger partial charge in [-0.3, -0.25) is 4.79 Å². The number of para-hydroxylation sites is 1. The number of carbonyl (C=O) groups is 1. The highest BCUT2D eigenvalue weighted by Gasteiger charge is 2.34. The largest absolute Gasteiger partial charge is 0.491 e. The summed E-state index contributed by atoms with van der Waals surface area (Å²) in [5.74, 6) is 0.496. The molecule has 0 unspecified atom stereocenters. The molecule has 1 amide bonds. The molecular formula is C18H28N2O3. The lowest BCUT2D eigenvalue weighted by Gasteiger charge is -2.29. The van der Waals surface area contributed by atoms with Crippen LogP contribution in [0.2, 0.25) is 0 Å². The summed E-state index contributed by atoms with van der Waals surface area (Å²) in [5.41, 5.74) is -0.180. The zero-order valence-electron chi connectivity index (χ0n) is 14.4. The average molecular weight is 320 g/mol. The molecule has 2 rings (SSSR count). The Bertz CT molecular complexity index is 525. The summed E-state index contributed by atoms with van der Waals surface area (Å²) in [6.07, 6.45) is 3.60. The van der Waals surface area contributed by atoms with Gasteiger partial charge in [0, 0.05) is 20.1 Å². The predicted molar refractivity (Wildman–Crippen MR) is 90.9 cm³/mol. The molecule has 0 aliphatic heterocycles. The molecule has 23 heavy (non-hydrogen) atoms. The minimum absolute atomic E-state index is 0.106. The van der Waals surface area contributed by atoms with Crippen LogP contribution in [0.15, 0.2) is 24.3 Å². The second-order valence-electron chi connectivity index (χ2n) is 6.74. The highest BCUT2D eigenvalue weighted by molar-refractivity contribution is 5.96. The first kappa shape index (κ1) is 17.8. The van der Waals surface area contributed by atoms with Crippen molar-refractivity contribution in [2.45, 2.75) is 31.3 Å². The van der Waals surface area contributed by atoms with Gasteiger partial charge in [-0.2, -0.15) is 0 Å². The summed E-state index contributed by atoms with van der Waals surface area (Å²) < 4.78 is 5.76. The molecule has 5 nitrogen and oxygen atoms in total. The Labute approximate surface area is 138 Å². The van der Waals surface area contributed by atoms with Crippen LogP contribution >= 0.6 is 0 Å². The van der Waals surface area contributed by atoms with Crippen molar-refractivity contribution in [1.82, 2.24) is 9.80 Å². The molecule has 0 atom stereocenters. The van der Waals surface area contributed by atoms with Crippen LogP contribution in [0.5, 0.6) is 5.75 Å². The van der Waals surface area contributed by atoms with Crippen LogP contribution < -0.4 is 4.74 Å². The number of hydrogen-bond donors (Lipinski definition) is 1. The molecule has 1 fully saturated rings. The molecular weight excluding hydrogens is 292 g/mol. The fraction of sp³-hybridized carbons (Fsp3) is 0.611. The molecule has 1 saturated carbocycles. The van der Waals surface area contributed by atoms with Gasteiger partial charge >= 0.3 is 0 Å². The third-order valence-electron chi connectivity index (χ3n) is 4.33. The zero-order chi connectivity index (χ0) is 16.9. The summed E-state index contributed by atoms with van der Waals surface area (Å²) in [4.78, 5) is 16.4. The van der Waals surface area contributed by atoms with Crippen LogP contribution in [0.4, 0.5) is 0 Å². The summed E-state index contributed by atoms with van der Waals surface area (Å²) >= 11 is 0. The van der Waals surface area contributed by atoms with Crippen LogP contribution in [-0.4, -0.2) is 67.3 Å². The number of carbonyl (C=O) groups excluding carboxylic acids is 1. The van der Waals surface area contributed by atoms with Crippen molar-refractivity contribution in [3.05, 3.63) is 29.8 Å². The minimum atomic E-state index is -0.731. The van der Waals surface area contributed by atoms with Crippen molar-refractivity contribution in [2.24, 2.45) is 0 Å². The Balaban J connectivity index is 2.03. The maximum atomic E-state index is 12.7. The molecule has 1 aromatic carbocycles. The number of amides is 1. The fourth-order valence-corrected chi connectivity index (χ4v) is 3.02. The second kappa shape index (κ2) is 7.79. The molecule has 1 aliphatic rings. The van der Waals surface area contributed by atoms with Crippen molar-refractivity contribution in [2.75, 3.05) is 40.8 Å². The monoisotopic (exact) mass is 320 g/mol. The topological polar surface area (TPSA) is 53.0 Å². The van der Waals surface area contributed by atoms with E-state index in [0.717, 1.165) is 32.2 Å². The van der Waals surface area contributed by atoms with E-state index in [1.807, 2.05) is 37.2 Å². The van der Waals surface area contributed by atoms with E-state index in [0.29, 0.717) is 24.5 Å². The molecule has 0 bridgehead atoms. The van der Waals surface area contributed by atoms with Gasteiger partial charge in [0.1, 0.15) is 12.4 Å². The standard InChI is InChI=1S/C18H28N2O3/c1-19(2)12-13-23-16-9-5-4-8-15(16)17(21)20(3)14-18(22)10-6-7-11-18/h4-5,8-9,22H,6-7,10-14H2,1-3H3. The van der Waals surface area contributed by atoms with Crippen molar-refractivity contribution < 1.29 is 14.6 Å². The zero-order valence-corrected chi connectivity index (χ0v) is 14.4. The van der Waals surface area contributed by atoms with Crippen molar-refractivity contribution in [3.63, 3.8) is 0 Å². The van der Waals surface area contributed by atoms with Crippen LogP contribution in [0, 0.1) is 0 Å². The number of rotatable bonds is 7. The Kier molecular flexibility index (Phi) is 6.02. The summed E-state index contributed by atoms with van der Waals surface area (Å²) in [5, 5.41) is 10.5. The summed E-state index contributed by atoms with van der Waals surface area (Å²) in [6, 6.07) is 7.31. The molecule has 0 radical (unpaired) electrons. The second-order valence-corrected chi connectivity index (χ2v) is 6.74. The van der Waals surface area contributed by atoms with Gasteiger partial charge in [0.05, 0.1) is 11.2 Å². The van der Waals surface area contributed by atoms with Crippen molar-refractivity contribution >= 4 is 5.91 Å². The van der Waals surface area contributed by atoms with Gasteiger partial charge in [0.2, 0.25) is 0 Å². The van der Waals surface area contributed by atoms with Gasteiger partial charge < -0.3 is 19.6 Å². The van der Waals surface area contributed by atoms with Gasteiger partial charge in [0.25, 0.3) is 5.91 Å². The third kappa shape index (κ3) is 4.94. The van der Waals surface area contributed by atoms with E-state index < -0.39 is 5.60 Å². The van der Waals surface area contributed by atoms with E-state index in [-0.39, 0.29) is 5.91 Å². The van der Waals surface area contributed by atoms with E-state index in [1.165, 1.54) is 0 Å². The molecule has 0 heterocycles. The Hall–Kier alpha value is -1.59. The van der Waals surface area contributed by atoms with Crippen LogP contribution in [0.1, 0.15) is 36.0 Å².